The van der Waals surface area contributed by atoms with Crippen LogP contribution in [-0.4, -0.2) is 9.55 Å². The summed E-state index contributed by atoms with van der Waals surface area (Å²) in [5.74, 6) is 2.93. The lowest BCUT2D eigenvalue weighted by Crippen LogP contribution is -2.20. The molecule has 0 aliphatic rings. The Morgan fingerprint density at radius 3 is 2.75 bits per heavy atom. The van der Waals surface area contributed by atoms with Crippen LogP contribution >= 0.6 is 0 Å². The van der Waals surface area contributed by atoms with Gasteiger partial charge in [0.25, 0.3) is 0 Å². The topological polar surface area (TPSA) is 43.0 Å². The van der Waals surface area contributed by atoms with Gasteiger partial charge in [-0.15, -0.1) is 0 Å². The van der Waals surface area contributed by atoms with E-state index in [1.165, 1.54) is 0 Å². The summed E-state index contributed by atoms with van der Waals surface area (Å²) in [6.45, 7) is 4.79. The fourth-order valence-corrected chi connectivity index (χ4v) is 2.48. The average Bonchev–Trinajstić information content (AvgIpc) is 3.01. The molecule has 3 aromatic rings. The van der Waals surface area contributed by atoms with E-state index in [1.54, 1.807) is 0 Å². The lowest BCUT2D eigenvalue weighted by atomic mass is 10.3. The standard InChI is InChI=1S/C16H19N3O/c1-11-8-9-13(20-11)10-17-12(2)16-18-14-6-4-5-7-15(14)19(16)3/h4-9,12,17H,10H2,1-3H3. The summed E-state index contributed by atoms with van der Waals surface area (Å²) in [5.41, 5.74) is 2.19. The van der Waals surface area contributed by atoms with Gasteiger partial charge in [0, 0.05) is 7.05 Å². The van der Waals surface area contributed by atoms with Crippen molar-refractivity contribution in [3.63, 3.8) is 0 Å². The Hall–Kier alpha value is -2.07. The lowest BCUT2D eigenvalue weighted by Gasteiger charge is -2.12. The van der Waals surface area contributed by atoms with Crippen LogP contribution in [0.1, 0.15) is 30.3 Å². The molecule has 0 amide bonds. The van der Waals surface area contributed by atoms with E-state index in [9.17, 15) is 0 Å². The highest BCUT2D eigenvalue weighted by molar-refractivity contribution is 5.75. The van der Waals surface area contributed by atoms with E-state index < -0.39 is 0 Å². The van der Waals surface area contributed by atoms with Gasteiger partial charge in [-0.05, 0) is 38.1 Å². The maximum atomic E-state index is 5.57. The van der Waals surface area contributed by atoms with Crippen molar-refractivity contribution in [2.45, 2.75) is 26.4 Å². The number of hydrogen-bond donors (Lipinski definition) is 1. The summed E-state index contributed by atoms with van der Waals surface area (Å²) < 4.78 is 7.71. The molecule has 1 aromatic carbocycles. The molecule has 2 aromatic heterocycles. The average molecular weight is 269 g/mol. The van der Waals surface area contributed by atoms with Crippen molar-refractivity contribution in [3.8, 4) is 0 Å². The lowest BCUT2D eigenvalue weighted by molar-refractivity contribution is 0.436. The van der Waals surface area contributed by atoms with Crippen molar-refractivity contribution < 1.29 is 4.42 Å². The summed E-state index contributed by atoms with van der Waals surface area (Å²) in [6.07, 6.45) is 0. The minimum Gasteiger partial charge on any atom is -0.465 e. The number of nitrogens with zero attached hydrogens (tertiary/aromatic N) is 2. The van der Waals surface area contributed by atoms with Gasteiger partial charge in [-0.2, -0.15) is 0 Å². The highest BCUT2D eigenvalue weighted by Crippen LogP contribution is 2.19. The Labute approximate surface area is 118 Å². The fourth-order valence-electron chi connectivity index (χ4n) is 2.48. The minimum atomic E-state index is 0.165. The van der Waals surface area contributed by atoms with Gasteiger partial charge >= 0.3 is 0 Å². The third kappa shape index (κ3) is 2.34. The SMILES string of the molecule is Cc1ccc(CNC(C)c2nc3ccccc3n2C)o1. The van der Waals surface area contributed by atoms with E-state index in [4.69, 9.17) is 9.40 Å². The van der Waals surface area contributed by atoms with Crippen LogP contribution in [0.2, 0.25) is 0 Å². The van der Waals surface area contributed by atoms with E-state index in [0.29, 0.717) is 6.54 Å². The number of para-hydroxylation sites is 2. The van der Waals surface area contributed by atoms with Crippen LogP contribution in [-0.2, 0) is 13.6 Å². The first-order valence-electron chi connectivity index (χ1n) is 6.85. The Bertz CT molecular complexity index is 726. The number of aromatic nitrogens is 2. The molecule has 2 heterocycles. The van der Waals surface area contributed by atoms with Gasteiger partial charge in [-0.1, -0.05) is 12.1 Å². The van der Waals surface area contributed by atoms with Gasteiger partial charge in [0.05, 0.1) is 23.6 Å². The molecule has 0 saturated carbocycles. The quantitative estimate of drug-likeness (QED) is 0.790. The highest BCUT2D eigenvalue weighted by Gasteiger charge is 2.14. The Balaban J connectivity index is 1.78. The second-order valence-electron chi connectivity index (χ2n) is 5.13. The van der Waals surface area contributed by atoms with Gasteiger partial charge in [0.1, 0.15) is 17.3 Å². The molecule has 0 aliphatic carbocycles. The summed E-state index contributed by atoms with van der Waals surface area (Å²) in [7, 11) is 2.06. The molecule has 0 spiro atoms. The molecule has 4 heteroatoms. The molecule has 3 rings (SSSR count). The molecule has 0 bridgehead atoms. The molecule has 0 aliphatic heterocycles. The maximum absolute atomic E-state index is 5.57. The first-order valence-corrected chi connectivity index (χ1v) is 6.85. The molecule has 1 unspecified atom stereocenters. The first-order chi connectivity index (χ1) is 9.65. The van der Waals surface area contributed by atoms with Gasteiger partial charge in [0.15, 0.2) is 0 Å². The summed E-state index contributed by atoms with van der Waals surface area (Å²) in [4.78, 5) is 4.70. The number of hydrogen-bond acceptors (Lipinski definition) is 3. The number of furan rings is 1. The summed E-state index contributed by atoms with van der Waals surface area (Å²) >= 11 is 0. The molecule has 0 saturated heterocycles. The van der Waals surface area contributed by atoms with Crippen molar-refractivity contribution >= 4 is 11.0 Å². The second-order valence-corrected chi connectivity index (χ2v) is 5.13. The monoisotopic (exact) mass is 269 g/mol. The van der Waals surface area contributed by atoms with Gasteiger partial charge in [-0.3, -0.25) is 0 Å². The molecule has 20 heavy (non-hydrogen) atoms. The third-order valence-corrected chi connectivity index (χ3v) is 3.59. The number of nitrogens with one attached hydrogen (secondary N) is 1. The van der Waals surface area contributed by atoms with Crippen molar-refractivity contribution in [2.75, 3.05) is 0 Å². The van der Waals surface area contributed by atoms with Gasteiger partial charge < -0.3 is 14.3 Å². The van der Waals surface area contributed by atoms with Gasteiger partial charge in [0.2, 0.25) is 0 Å². The molecular weight excluding hydrogens is 250 g/mol. The first kappa shape index (κ1) is 12.9. The van der Waals surface area contributed by atoms with Crippen molar-refractivity contribution in [1.82, 2.24) is 14.9 Å². The number of aryl methyl sites for hydroxylation is 2. The van der Waals surface area contributed by atoms with Crippen molar-refractivity contribution in [1.29, 1.82) is 0 Å². The van der Waals surface area contributed by atoms with Crippen LogP contribution in [0.25, 0.3) is 11.0 Å². The zero-order valence-electron chi connectivity index (χ0n) is 12.1. The van der Waals surface area contributed by atoms with E-state index in [2.05, 4.69) is 29.9 Å². The van der Waals surface area contributed by atoms with Crippen LogP contribution in [0, 0.1) is 6.92 Å². The number of imidazole rings is 1. The van der Waals surface area contributed by atoms with Crippen LogP contribution in [0.4, 0.5) is 0 Å². The third-order valence-electron chi connectivity index (χ3n) is 3.59. The Kier molecular flexibility index (Phi) is 3.32. The smallest absolute Gasteiger partial charge is 0.126 e. The van der Waals surface area contributed by atoms with Crippen molar-refractivity contribution in [2.24, 2.45) is 7.05 Å². The van der Waals surface area contributed by atoms with Crippen LogP contribution in [0.5, 0.6) is 0 Å². The van der Waals surface area contributed by atoms with Crippen LogP contribution in [0.15, 0.2) is 40.8 Å². The molecular formula is C16H19N3O. The fraction of sp³-hybridized carbons (Fsp3) is 0.312. The predicted molar refractivity (Wildman–Crippen MR) is 79.4 cm³/mol. The molecule has 1 N–H and O–H groups in total. The minimum absolute atomic E-state index is 0.165. The van der Waals surface area contributed by atoms with Crippen LogP contribution < -0.4 is 5.32 Å². The maximum Gasteiger partial charge on any atom is 0.126 e. The molecule has 4 nitrogen and oxygen atoms in total. The molecule has 0 radical (unpaired) electrons. The number of rotatable bonds is 4. The summed E-state index contributed by atoms with van der Waals surface area (Å²) in [6, 6.07) is 12.3. The van der Waals surface area contributed by atoms with E-state index in [0.717, 1.165) is 28.4 Å². The van der Waals surface area contributed by atoms with E-state index >= 15 is 0 Å². The largest absolute Gasteiger partial charge is 0.465 e. The molecule has 104 valence electrons. The van der Waals surface area contributed by atoms with Crippen LogP contribution in [0.3, 0.4) is 0 Å². The molecule has 1 atom stereocenters. The second kappa shape index (κ2) is 5.13. The van der Waals surface area contributed by atoms with E-state index in [1.807, 2.05) is 37.3 Å². The molecule has 0 fully saturated rings. The zero-order chi connectivity index (χ0) is 14.1. The summed E-state index contributed by atoms with van der Waals surface area (Å²) in [5, 5.41) is 3.45. The Morgan fingerprint density at radius 1 is 1.25 bits per heavy atom. The van der Waals surface area contributed by atoms with Crippen molar-refractivity contribution in [3.05, 3.63) is 53.7 Å². The number of benzene rings is 1. The zero-order valence-corrected chi connectivity index (χ0v) is 12.1. The number of fused-ring (bicyclic) bond motifs is 1. The Morgan fingerprint density at radius 2 is 2.05 bits per heavy atom. The van der Waals surface area contributed by atoms with E-state index in [-0.39, 0.29) is 6.04 Å². The van der Waals surface area contributed by atoms with Gasteiger partial charge in [-0.25, -0.2) is 4.98 Å². The predicted octanol–water partition coefficient (Wildman–Crippen LogP) is 3.33. The highest BCUT2D eigenvalue weighted by atomic mass is 16.3. The normalized spacial score (nSPS) is 12.9.